The summed E-state index contributed by atoms with van der Waals surface area (Å²) in [4.78, 5) is 12.4. The number of hydrogen-bond donors (Lipinski definition) is 1. The van der Waals surface area contributed by atoms with Crippen molar-refractivity contribution in [1.82, 2.24) is 15.0 Å². The highest BCUT2D eigenvalue weighted by molar-refractivity contribution is 5.67. The van der Waals surface area contributed by atoms with Gasteiger partial charge in [0.1, 0.15) is 17.9 Å². The molecule has 0 aliphatic carbocycles. The van der Waals surface area contributed by atoms with Crippen molar-refractivity contribution in [3.8, 4) is 17.0 Å². The van der Waals surface area contributed by atoms with Gasteiger partial charge >= 0.3 is 0 Å². The molecule has 0 fully saturated rings. The van der Waals surface area contributed by atoms with Crippen molar-refractivity contribution in [2.75, 3.05) is 5.73 Å². The van der Waals surface area contributed by atoms with Gasteiger partial charge in [-0.15, -0.1) is 0 Å². The molecule has 0 saturated carbocycles. The topological polar surface area (TPSA) is 73.9 Å². The number of nitrogens with zero attached hydrogens (tertiary/aromatic N) is 3. The van der Waals surface area contributed by atoms with E-state index in [1.807, 2.05) is 26.8 Å². The molecule has 0 unspecified atom stereocenters. The van der Waals surface area contributed by atoms with Gasteiger partial charge in [-0.3, -0.25) is 4.98 Å². The molecule has 18 heavy (non-hydrogen) atoms. The molecule has 0 radical (unpaired) electrons. The minimum Gasteiger partial charge on any atom is -0.489 e. The zero-order valence-corrected chi connectivity index (χ0v) is 10.7. The maximum Gasteiger partial charge on any atom is 0.138 e. The monoisotopic (exact) mass is 244 g/mol. The molecule has 2 aromatic rings. The van der Waals surface area contributed by atoms with Gasteiger partial charge in [0.25, 0.3) is 0 Å². The minimum atomic E-state index is 0.110. The summed E-state index contributed by atoms with van der Waals surface area (Å²) < 4.78 is 5.61. The molecule has 0 aromatic carbocycles. The maximum absolute atomic E-state index is 5.77. The zero-order valence-electron chi connectivity index (χ0n) is 10.7. The molecule has 0 spiro atoms. The Morgan fingerprint density at radius 3 is 2.72 bits per heavy atom. The number of aromatic nitrogens is 3. The highest BCUT2D eigenvalue weighted by Gasteiger charge is 2.09. The summed E-state index contributed by atoms with van der Waals surface area (Å²) >= 11 is 0. The van der Waals surface area contributed by atoms with Crippen LogP contribution in [0, 0.1) is 6.92 Å². The Hall–Kier alpha value is -2.17. The minimum absolute atomic E-state index is 0.110. The second-order valence-electron chi connectivity index (χ2n) is 4.31. The van der Waals surface area contributed by atoms with Gasteiger partial charge in [0.2, 0.25) is 0 Å². The van der Waals surface area contributed by atoms with E-state index in [2.05, 4.69) is 15.0 Å². The number of rotatable bonds is 3. The first kappa shape index (κ1) is 12.3. The fourth-order valence-corrected chi connectivity index (χ4v) is 1.64. The third-order valence-corrected chi connectivity index (χ3v) is 2.48. The van der Waals surface area contributed by atoms with E-state index < -0.39 is 0 Å². The maximum atomic E-state index is 5.77. The first-order valence-electron chi connectivity index (χ1n) is 5.77. The highest BCUT2D eigenvalue weighted by atomic mass is 16.5. The molecule has 0 saturated heterocycles. The third-order valence-electron chi connectivity index (χ3n) is 2.48. The third kappa shape index (κ3) is 2.56. The number of nitrogens with two attached hydrogens (primary N) is 1. The summed E-state index contributed by atoms with van der Waals surface area (Å²) in [5.41, 5.74) is 8.28. The first-order valence-corrected chi connectivity index (χ1v) is 5.77. The van der Waals surface area contributed by atoms with E-state index in [9.17, 15) is 0 Å². The van der Waals surface area contributed by atoms with E-state index in [-0.39, 0.29) is 6.10 Å². The summed E-state index contributed by atoms with van der Waals surface area (Å²) in [6.07, 6.45) is 4.98. The number of hydrogen-bond acceptors (Lipinski definition) is 5. The summed E-state index contributed by atoms with van der Waals surface area (Å²) in [6, 6.07) is 1.90. The van der Waals surface area contributed by atoms with Crippen molar-refractivity contribution >= 4 is 5.82 Å². The standard InChI is InChI=1S/C13H16N4O/c1-8(2)18-11-4-10(5-15-6-11)12-9(3)13(14)17-7-16-12/h4-8H,1-3H3,(H2,14,16,17). The van der Waals surface area contributed by atoms with E-state index in [1.54, 1.807) is 12.4 Å². The van der Waals surface area contributed by atoms with Gasteiger partial charge < -0.3 is 10.5 Å². The number of nitrogen functional groups attached to an aromatic ring is 1. The average Bonchev–Trinajstić information content (AvgIpc) is 2.32. The van der Waals surface area contributed by atoms with Crippen LogP contribution in [0.25, 0.3) is 11.3 Å². The normalized spacial score (nSPS) is 10.7. The predicted octanol–water partition coefficient (Wildman–Crippen LogP) is 2.22. The Morgan fingerprint density at radius 2 is 2.00 bits per heavy atom. The largest absolute Gasteiger partial charge is 0.489 e. The molecule has 0 aliphatic heterocycles. The van der Waals surface area contributed by atoms with Crippen molar-refractivity contribution in [3.63, 3.8) is 0 Å². The highest BCUT2D eigenvalue weighted by Crippen LogP contribution is 2.25. The van der Waals surface area contributed by atoms with Gasteiger partial charge in [-0.25, -0.2) is 9.97 Å². The van der Waals surface area contributed by atoms with Crippen LogP contribution in [0.5, 0.6) is 5.75 Å². The van der Waals surface area contributed by atoms with Crippen LogP contribution < -0.4 is 10.5 Å². The van der Waals surface area contributed by atoms with Gasteiger partial charge in [0.15, 0.2) is 0 Å². The van der Waals surface area contributed by atoms with E-state index in [0.29, 0.717) is 5.82 Å². The first-order chi connectivity index (χ1) is 8.58. The molecule has 0 bridgehead atoms. The van der Waals surface area contributed by atoms with Gasteiger partial charge in [-0.1, -0.05) is 0 Å². The molecular weight excluding hydrogens is 228 g/mol. The lowest BCUT2D eigenvalue weighted by Crippen LogP contribution is -2.06. The molecule has 5 nitrogen and oxygen atoms in total. The van der Waals surface area contributed by atoms with Gasteiger partial charge in [0, 0.05) is 17.3 Å². The van der Waals surface area contributed by atoms with Crippen LogP contribution in [0.4, 0.5) is 5.82 Å². The van der Waals surface area contributed by atoms with E-state index in [4.69, 9.17) is 10.5 Å². The Kier molecular flexibility index (Phi) is 3.41. The van der Waals surface area contributed by atoms with Crippen LogP contribution in [0.15, 0.2) is 24.8 Å². The van der Waals surface area contributed by atoms with E-state index in [0.717, 1.165) is 22.6 Å². The number of ether oxygens (including phenoxy) is 1. The van der Waals surface area contributed by atoms with Crippen molar-refractivity contribution in [1.29, 1.82) is 0 Å². The number of pyridine rings is 1. The van der Waals surface area contributed by atoms with Crippen molar-refractivity contribution in [2.45, 2.75) is 26.9 Å². The van der Waals surface area contributed by atoms with Crippen LogP contribution in [-0.2, 0) is 0 Å². The SMILES string of the molecule is Cc1c(N)ncnc1-c1cncc(OC(C)C)c1. The molecule has 5 heteroatoms. The Balaban J connectivity index is 2.41. The quantitative estimate of drug-likeness (QED) is 0.896. The van der Waals surface area contributed by atoms with Gasteiger partial charge in [-0.2, -0.15) is 0 Å². The van der Waals surface area contributed by atoms with Crippen molar-refractivity contribution in [3.05, 3.63) is 30.4 Å². The molecule has 2 N–H and O–H groups in total. The summed E-state index contributed by atoms with van der Waals surface area (Å²) in [6.45, 7) is 5.84. The summed E-state index contributed by atoms with van der Waals surface area (Å²) in [7, 11) is 0. The average molecular weight is 244 g/mol. The Morgan fingerprint density at radius 1 is 1.22 bits per heavy atom. The number of anilines is 1. The van der Waals surface area contributed by atoms with E-state index in [1.165, 1.54) is 6.33 Å². The molecular formula is C13H16N4O. The van der Waals surface area contributed by atoms with Crippen LogP contribution in [-0.4, -0.2) is 21.1 Å². The lowest BCUT2D eigenvalue weighted by atomic mass is 10.1. The van der Waals surface area contributed by atoms with Gasteiger partial charge in [0.05, 0.1) is 18.0 Å². The zero-order chi connectivity index (χ0) is 13.1. The van der Waals surface area contributed by atoms with Crippen LogP contribution in [0.1, 0.15) is 19.4 Å². The molecule has 94 valence electrons. The van der Waals surface area contributed by atoms with Crippen LogP contribution >= 0.6 is 0 Å². The van der Waals surface area contributed by atoms with Crippen molar-refractivity contribution in [2.24, 2.45) is 0 Å². The Bertz CT molecular complexity index is 554. The smallest absolute Gasteiger partial charge is 0.138 e. The summed E-state index contributed by atoms with van der Waals surface area (Å²) in [5.74, 6) is 1.20. The second kappa shape index (κ2) is 5.00. The molecule has 2 rings (SSSR count). The molecule has 0 amide bonds. The predicted molar refractivity (Wildman–Crippen MR) is 70.2 cm³/mol. The molecule has 2 heterocycles. The summed E-state index contributed by atoms with van der Waals surface area (Å²) in [5, 5.41) is 0. The molecule has 2 aromatic heterocycles. The van der Waals surface area contributed by atoms with Gasteiger partial charge in [-0.05, 0) is 26.8 Å². The fourth-order valence-electron chi connectivity index (χ4n) is 1.64. The second-order valence-corrected chi connectivity index (χ2v) is 4.31. The van der Waals surface area contributed by atoms with Crippen LogP contribution in [0.3, 0.4) is 0 Å². The molecule has 0 aliphatic rings. The fraction of sp³-hybridized carbons (Fsp3) is 0.308. The lowest BCUT2D eigenvalue weighted by Gasteiger charge is -2.11. The lowest BCUT2D eigenvalue weighted by molar-refractivity contribution is 0.241. The van der Waals surface area contributed by atoms with E-state index >= 15 is 0 Å². The Labute approximate surface area is 106 Å². The molecule has 0 atom stereocenters. The van der Waals surface area contributed by atoms with Crippen molar-refractivity contribution < 1.29 is 4.74 Å². The van der Waals surface area contributed by atoms with Crippen LogP contribution in [0.2, 0.25) is 0 Å².